The van der Waals surface area contributed by atoms with Crippen LogP contribution in [0.2, 0.25) is 0 Å². The topological polar surface area (TPSA) is 86.6 Å². The van der Waals surface area contributed by atoms with Crippen LogP contribution in [-0.4, -0.2) is 28.1 Å². The highest BCUT2D eigenvalue weighted by Crippen LogP contribution is 2.11. The predicted octanol–water partition coefficient (Wildman–Crippen LogP) is 1.08. The predicted molar refractivity (Wildman–Crippen MR) is 66.2 cm³/mol. The number of carbonyl (C=O) groups excluding carboxylic acids is 1. The number of allylic oxidation sites excluding steroid dienone is 1. The fourth-order valence-electron chi connectivity index (χ4n) is 1.44. The van der Waals surface area contributed by atoms with Crippen LogP contribution in [0.5, 0.6) is 5.75 Å². The molecule has 5 heteroatoms. The van der Waals surface area contributed by atoms with E-state index in [-0.39, 0.29) is 12.2 Å². The van der Waals surface area contributed by atoms with Crippen LogP contribution >= 0.6 is 0 Å². The van der Waals surface area contributed by atoms with Gasteiger partial charge in [0.1, 0.15) is 11.8 Å². The summed E-state index contributed by atoms with van der Waals surface area (Å²) in [4.78, 5) is 22.3. The zero-order chi connectivity index (χ0) is 13.5. The van der Waals surface area contributed by atoms with Crippen molar-refractivity contribution in [2.24, 2.45) is 0 Å². The van der Waals surface area contributed by atoms with Gasteiger partial charge in [-0.2, -0.15) is 0 Å². The lowest BCUT2D eigenvalue weighted by Gasteiger charge is -2.13. The summed E-state index contributed by atoms with van der Waals surface area (Å²) in [5, 5.41) is 20.5. The Bertz CT molecular complexity index is 451. The van der Waals surface area contributed by atoms with Crippen molar-refractivity contribution in [1.82, 2.24) is 5.32 Å². The second-order valence-corrected chi connectivity index (χ2v) is 3.77. The first kappa shape index (κ1) is 13.8. The third-order valence-electron chi connectivity index (χ3n) is 2.31. The Morgan fingerprint density at radius 2 is 1.94 bits per heavy atom. The molecule has 0 bridgehead atoms. The highest BCUT2D eigenvalue weighted by atomic mass is 16.4. The summed E-state index contributed by atoms with van der Waals surface area (Å²) in [7, 11) is 0. The molecule has 3 N–H and O–H groups in total. The minimum absolute atomic E-state index is 0.114. The van der Waals surface area contributed by atoms with E-state index in [4.69, 9.17) is 10.2 Å². The number of hydrogen-bond acceptors (Lipinski definition) is 3. The van der Waals surface area contributed by atoms with E-state index in [0.29, 0.717) is 0 Å². The summed E-state index contributed by atoms with van der Waals surface area (Å²) in [5.41, 5.74) is 0.723. The third kappa shape index (κ3) is 4.29. The molecule has 0 heterocycles. The molecular formula is C13H15NO4. The number of hydrogen-bond donors (Lipinski definition) is 3. The van der Waals surface area contributed by atoms with Gasteiger partial charge in [-0.25, -0.2) is 4.79 Å². The van der Waals surface area contributed by atoms with Gasteiger partial charge in [-0.1, -0.05) is 18.2 Å². The molecule has 0 saturated carbocycles. The van der Waals surface area contributed by atoms with Crippen molar-refractivity contribution in [2.75, 3.05) is 0 Å². The van der Waals surface area contributed by atoms with E-state index in [1.165, 1.54) is 24.3 Å². The van der Waals surface area contributed by atoms with Crippen LogP contribution in [0.3, 0.4) is 0 Å². The number of phenols is 1. The Kier molecular flexibility index (Phi) is 4.92. The lowest BCUT2D eigenvalue weighted by molar-refractivity contribution is -0.141. The van der Waals surface area contributed by atoms with Crippen molar-refractivity contribution in [1.29, 1.82) is 0 Å². The van der Waals surface area contributed by atoms with Crippen LogP contribution in [-0.2, 0) is 16.0 Å². The quantitative estimate of drug-likeness (QED) is 0.681. The van der Waals surface area contributed by atoms with Gasteiger partial charge in [-0.3, -0.25) is 4.79 Å². The molecule has 1 rings (SSSR count). The minimum atomic E-state index is -1.10. The summed E-state index contributed by atoms with van der Waals surface area (Å²) in [6.07, 6.45) is 2.97. The maximum absolute atomic E-state index is 11.3. The second kappa shape index (κ2) is 6.44. The van der Waals surface area contributed by atoms with Crippen molar-refractivity contribution in [3.63, 3.8) is 0 Å². The minimum Gasteiger partial charge on any atom is -0.508 e. The van der Waals surface area contributed by atoms with Gasteiger partial charge in [0, 0.05) is 6.42 Å². The molecule has 0 aliphatic heterocycles. The summed E-state index contributed by atoms with van der Waals surface area (Å²) in [6.45, 7) is 1.68. The highest BCUT2D eigenvalue weighted by molar-refractivity contribution is 5.91. The largest absolute Gasteiger partial charge is 0.508 e. The van der Waals surface area contributed by atoms with E-state index in [0.717, 1.165) is 5.56 Å². The third-order valence-corrected chi connectivity index (χ3v) is 2.31. The summed E-state index contributed by atoms with van der Waals surface area (Å²) in [6, 6.07) is 5.20. The zero-order valence-corrected chi connectivity index (χ0v) is 9.96. The first-order chi connectivity index (χ1) is 8.52. The second-order valence-electron chi connectivity index (χ2n) is 3.77. The van der Waals surface area contributed by atoms with Gasteiger partial charge < -0.3 is 15.5 Å². The molecule has 0 aliphatic carbocycles. The number of aromatic hydroxyl groups is 1. The Morgan fingerprint density at radius 1 is 1.33 bits per heavy atom. The molecule has 0 saturated heterocycles. The van der Waals surface area contributed by atoms with Gasteiger partial charge in [0.15, 0.2) is 0 Å². The number of phenolic OH excluding ortho intramolecular Hbond substituents is 1. The number of amides is 1. The lowest BCUT2D eigenvalue weighted by Crippen LogP contribution is -2.41. The first-order valence-corrected chi connectivity index (χ1v) is 5.47. The number of benzene rings is 1. The van der Waals surface area contributed by atoms with Crippen LogP contribution in [0.15, 0.2) is 36.4 Å². The molecule has 96 valence electrons. The summed E-state index contributed by atoms with van der Waals surface area (Å²) in [5.74, 6) is -1.42. The number of nitrogens with one attached hydrogen (secondary N) is 1. The highest BCUT2D eigenvalue weighted by Gasteiger charge is 2.19. The number of carboxylic acids is 1. The van der Waals surface area contributed by atoms with Crippen LogP contribution < -0.4 is 5.32 Å². The molecule has 0 aliphatic rings. The molecule has 1 aromatic carbocycles. The zero-order valence-electron chi connectivity index (χ0n) is 9.96. The van der Waals surface area contributed by atoms with Crippen molar-refractivity contribution in [3.05, 3.63) is 42.0 Å². The van der Waals surface area contributed by atoms with Gasteiger partial charge in [-0.15, -0.1) is 0 Å². The first-order valence-electron chi connectivity index (χ1n) is 5.47. The Labute approximate surface area is 105 Å². The fraction of sp³-hybridized carbons (Fsp3) is 0.231. The molecule has 0 unspecified atom stereocenters. The number of carbonyl (C=O) groups is 2. The Hall–Kier alpha value is -2.30. The molecule has 1 atom stereocenters. The smallest absolute Gasteiger partial charge is 0.326 e. The van der Waals surface area contributed by atoms with E-state index in [9.17, 15) is 9.59 Å². The van der Waals surface area contributed by atoms with Crippen molar-refractivity contribution < 1.29 is 19.8 Å². The molecule has 18 heavy (non-hydrogen) atoms. The van der Waals surface area contributed by atoms with Gasteiger partial charge >= 0.3 is 5.97 Å². The molecule has 0 fully saturated rings. The molecule has 0 aromatic heterocycles. The Balaban J connectivity index is 2.71. The van der Waals surface area contributed by atoms with E-state index < -0.39 is 17.9 Å². The van der Waals surface area contributed by atoms with Gasteiger partial charge in [0.25, 0.3) is 0 Å². The number of aliphatic carboxylic acids is 1. The molecule has 5 nitrogen and oxygen atoms in total. The summed E-state index contributed by atoms with van der Waals surface area (Å²) < 4.78 is 0. The van der Waals surface area contributed by atoms with Crippen LogP contribution in [0.25, 0.3) is 0 Å². The standard InChI is InChI=1S/C13H15NO4/c1-2-3-12(16)14-11(13(17)18)8-9-4-6-10(15)7-5-9/h2-7,11,15H,8H2,1H3,(H,14,16)(H,17,18)/b3-2+/t11-/m0/s1. The Morgan fingerprint density at radius 3 is 2.44 bits per heavy atom. The fourth-order valence-corrected chi connectivity index (χ4v) is 1.44. The molecule has 0 spiro atoms. The lowest BCUT2D eigenvalue weighted by atomic mass is 10.1. The molecule has 0 radical (unpaired) electrons. The molecular weight excluding hydrogens is 234 g/mol. The molecule has 1 amide bonds. The van der Waals surface area contributed by atoms with Crippen LogP contribution in [0.4, 0.5) is 0 Å². The van der Waals surface area contributed by atoms with E-state index in [2.05, 4.69) is 5.32 Å². The average molecular weight is 249 g/mol. The molecule has 1 aromatic rings. The average Bonchev–Trinajstić information content (AvgIpc) is 2.31. The van der Waals surface area contributed by atoms with E-state index >= 15 is 0 Å². The van der Waals surface area contributed by atoms with Crippen LogP contribution in [0.1, 0.15) is 12.5 Å². The monoisotopic (exact) mass is 249 g/mol. The van der Waals surface area contributed by atoms with E-state index in [1.54, 1.807) is 19.1 Å². The van der Waals surface area contributed by atoms with Crippen molar-refractivity contribution in [3.8, 4) is 5.75 Å². The number of carboxylic acid groups (broad SMARTS) is 1. The maximum Gasteiger partial charge on any atom is 0.326 e. The summed E-state index contributed by atoms with van der Waals surface area (Å²) >= 11 is 0. The normalized spacial score (nSPS) is 12.3. The maximum atomic E-state index is 11.3. The van der Waals surface area contributed by atoms with E-state index in [1.807, 2.05) is 0 Å². The van der Waals surface area contributed by atoms with Gasteiger partial charge in [0.2, 0.25) is 5.91 Å². The van der Waals surface area contributed by atoms with Crippen molar-refractivity contribution >= 4 is 11.9 Å². The van der Waals surface area contributed by atoms with Gasteiger partial charge in [0.05, 0.1) is 0 Å². The SMILES string of the molecule is C/C=C/C(=O)N[C@@H](Cc1ccc(O)cc1)C(=O)O. The van der Waals surface area contributed by atoms with Gasteiger partial charge in [-0.05, 0) is 30.7 Å². The van der Waals surface area contributed by atoms with Crippen molar-refractivity contribution in [2.45, 2.75) is 19.4 Å². The number of rotatable bonds is 5. The van der Waals surface area contributed by atoms with Crippen LogP contribution in [0, 0.1) is 0 Å².